The van der Waals surface area contributed by atoms with Crippen molar-refractivity contribution in [2.45, 2.75) is 84.4 Å². The van der Waals surface area contributed by atoms with Crippen LogP contribution in [-0.4, -0.2) is 12.7 Å². The molecule has 0 spiro atoms. The van der Waals surface area contributed by atoms with Crippen LogP contribution in [0.25, 0.3) is 44.5 Å². The zero-order valence-electron chi connectivity index (χ0n) is 32.1. The first-order chi connectivity index (χ1) is 27.3. The Balaban J connectivity index is 0.865. The summed E-state index contributed by atoms with van der Waals surface area (Å²) in [5.74, 6) is -0.464. The first-order valence-electron chi connectivity index (χ1n) is 19.4. The van der Waals surface area contributed by atoms with Crippen molar-refractivity contribution in [1.29, 1.82) is 0 Å². The molecule has 0 N–H and O–H groups in total. The van der Waals surface area contributed by atoms with Crippen LogP contribution < -0.4 is 9.47 Å². The summed E-state index contributed by atoms with van der Waals surface area (Å²) < 4.78 is 82.9. The van der Waals surface area contributed by atoms with Crippen molar-refractivity contribution in [3.8, 4) is 56.0 Å². The molecular formula is C49H46F6O2. The van der Waals surface area contributed by atoms with Crippen molar-refractivity contribution in [2.75, 3.05) is 0 Å². The third kappa shape index (κ3) is 12.2. The summed E-state index contributed by atoms with van der Waals surface area (Å²) in [6, 6.07) is 41.6. The molecule has 0 heterocycles. The standard InChI is InChI=1S/C49H46F6O2/c1-34-32-42(38-20-26-44(27-21-38)56-48(50,51)52)24-30-46(34)40-16-12-36(13-17-40)10-8-6-4-3-5-7-9-11-37-14-18-41(19-15-37)47-31-25-43(33-35(47)2)39-22-28-45(29-23-39)57-49(53,54)55/h12-33H,3-11H2,1-2H3. The molecule has 0 fully saturated rings. The van der Waals surface area contributed by atoms with Gasteiger partial charge in [-0.15, -0.1) is 26.3 Å². The maximum atomic E-state index is 12.5. The fraction of sp³-hybridized carbons (Fsp3) is 0.265. The van der Waals surface area contributed by atoms with Crippen molar-refractivity contribution < 1.29 is 35.8 Å². The van der Waals surface area contributed by atoms with Crippen molar-refractivity contribution in [3.63, 3.8) is 0 Å². The minimum Gasteiger partial charge on any atom is -0.406 e. The van der Waals surface area contributed by atoms with E-state index in [4.69, 9.17) is 0 Å². The van der Waals surface area contributed by atoms with E-state index in [9.17, 15) is 26.3 Å². The van der Waals surface area contributed by atoms with Gasteiger partial charge in [0.25, 0.3) is 0 Å². The topological polar surface area (TPSA) is 18.5 Å². The van der Waals surface area contributed by atoms with Gasteiger partial charge in [-0.2, -0.15) is 0 Å². The molecule has 0 atom stereocenters. The molecule has 0 aliphatic carbocycles. The molecule has 6 aromatic carbocycles. The van der Waals surface area contributed by atoms with E-state index < -0.39 is 12.7 Å². The molecule has 6 aromatic rings. The van der Waals surface area contributed by atoms with E-state index >= 15 is 0 Å². The highest BCUT2D eigenvalue weighted by Gasteiger charge is 2.31. The molecule has 296 valence electrons. The number of benzene rings is 6. The summed E-state index contributed by atoms with van der Waals surface area (Å²) in [4.78, 5) is 0. The molecule has 0 aromatic heterocycles. The molecule has 0 aliphatic heterocycles. The summed E-state index contributed by atoms with van der Waals surface area (Å²) in [5, 5.41) is 0. The highest BCUT2D eigenvalue weighted by Crippen LogP contribution is 2.33. The first-order valence-corrected chi connectivity index (χ1v) is 19.4. The van der Waals surface area contributed by atoms with Gasteiger partial charge in [0.2, 0.25) is 0 Å². The van der Waals surface area contributed by atoms with Gasteiger partial charge < -0.3 is 9.47 Å². The lowest BCUT2D eigenvalue weighted by atomic mass is 9.94. The zero-order chi connectivity index (χ0) is 40.4. The first kappa shape index (κ1) is 41.1. The molecule has 2 nitrogen and oxygen atoms in total. The van der Waals surface area contributed by atoms with E-state index in [1.807, 2.05) is 26.0 Å². The summed E-state index contributed by atoms with van der Waals surface area (Å²) in [6.07, 6.45) is 1.22. The average molecular weight is 781 g/mol. The van der Waals surface area contributed by atoms with E-state index in [-0.39, 0.29) is 11.5 Å². The summed E-state index contributed by atoms with van der Waals surface area (Å²) in [7, 11) is 0. The second kappa shape index (κ2) is 18.6. The van der Waals surface area contributed by atoms with Gasteiger partial charge in [0.15, 0.2) is 0 Å². The highest BCUT2D eigenvalue weighted by molar-refractivity contribution is 5.75. The molecule has 6 rings (SSSR count). The maximum Gasteiger partial charge on any atom is 0.573 e. The summed E-state index contributed by atoms with van der Waals surface area (Å²) >= 11 is 0. The number of alkyl halides is 6. The number of ether oxygens (including phenoxy) is 2. The number of halogens is 6. The third-order valence-electron chi connectivity index (χ3n) is 10.3. The second-order valence-electron chi connectivity index (χ2n) is 14.6. The van der Waals surface area contributed by atoms with Crippen LogP contribution in [0, 0.1) is 13.8 Å². The lowest BCUT2D eigenvalue weighted by Crippen LogP contribution is -2.16. The van der Waals surface area contributed by atoms with Gasteiger partial charge in [-0.25, -0.2) is 0 Å². The number of unbranched alkanes of at least 4 members (excludes halogenated alkanes) is 6. The predicted molar refractivity (Wildman–Crippen MR) is 217 cm³/mol. The van der Waals surface area contributed by atoms with Crippen molar-refractivity contribution in [3.05, 3.63) is 156 Å². The van der Waals surface area contributed by atoms with Gasteiger partial charge in [-0.3, -0.25) is 0 Å². The van der Waals surface area contributed by atoms with Crippen LogP contribution in [0.4, 0.5) is 26.3 Å². The zero-order valence-corrected chi connectivity index (χ0v) is 32.1. The lowest BCUT2D eigenvalue weighted by molar-refractivity contribution is -0.275. The molecule has 0 radical (unpaired) electrons. The van der Waals surface area contributed by atoms with Gasteiger partial charge in [-0.05, 0) is 131 Å². The molecule has 8 heteroatoms. The van der Waals surface area contributed by atoms with Gasteiger partial charge >= 0.3 is 12.7 Å². The molecule has 0 saturated carbocycles. The van der Waals surface area contributed by atoms with Crippen molar-refractivity contribution >= 4 is 0 Å². The van der Waals surface area contributed by atoms with E-state index in [0.29, 0.717) is 0 Å². The molecule has 57 heavy (non-hydrogen) atoms. The molecule has 0 bridgehead atoms. The van der Waals surface area contributed by atoms with Crippen LogP contribution in [0.5, 0.6) is 11.5 Å². The van der Waals surface area contributed by atoms with Crippen LogP contribution in [0.1, 0.15) is 67.2 Å². The third-order valence-corrected chi connectivity index (χ3v) is 10.3. The van der Waals surface area contributed by atoms with Crippen LogP contribution >= 0.6 is 0 Å². The highest BCUT2D eigenvalue weighted by atomic mass is 19.4. The van der Waals surface area contributed by atoms with E-state index in [0.717, 1.165) is 68.5 Å². The van der Waals surface area contributed by atoms with Gasteiger partial charge in [0.05, 0.1) is 0 Å². The Bertz CT molecular complexity index is 2030. The van der Waals surface area contributed by atoms with E-state index in [1.165, 1.54) is 80.3 Å². The summed E-state index contributed by atoms with van der Waals surface area (Å²) in [5.41, 5.74) is 12.9. The Hall–Kier alpha value is -5.50. The lowest BCUT2D eigenvalue weighted by Gasteiger charge is -2.12. The van der Waals surface area contributed by atoms with E-state index in [1.54, 1.807) is 24.3 Å². The Labute approximate surface area is 331 Å². The largest absolute Gasteiger partial charge is 0.573 e. The molecule has 0 unspecified atom stereocenters. The van der Waals surface area contributed by atoms with E-state index in [2.05, 4.69) is 82.3 Å². The number of rotatable bonds is 16. The second-order valence-corrected chi connectivity index (χ2v) is 14.6. The Kier molecular flexibility index (Phi) is 13.4. The maximum absolute atomic E-state index is 12.5. The van der Waals surface area contributed by atoms with Crippen molar-refractivity contribution in [2.24, 2.45) is 0 Å². The molecule has 0 saturated heterocycles. The SMILES string of the molecule is Cc1cc(-c2ccc(OC(F)(F)F)cc2)ccc1-c1ccc(CCCCCCCCCc2ccc(-c3ccc(-c4ccc(OC(F)(F)F)cc4)cc3C)cc2)cc1. The molecule has 0 aliphatic rings. The Morgan fingerprint density at radius 2 is 0.649 bits per heavy atom. The number of aryl methyl sites for hydroxylation is 4. The van der Waals surface area contributed by atoms with Crippen molar-refractivity contribution in [1.82, 2.24) is 0 Å². The average Bonchev–Trinajstić information content (AvgIpc) is 3.17. The fourth-order valence-corrected chi connectivity index (χ4v) is 7.28. The monoisotopic (exact) mass is 780 g/mol. The summed E-state index contributed by atoms with van der Waals surface area (Å²) in [6.45, 7) is 4.10. The van der Waals surface area contributed by atoms with Crippen LogP contribution in [0.3, 0.4) is 0 Å². The van der Waals surface area contributed by atoms with Gasteiger partial charge in [0, 0.05) is 0 Å². The fourth-order valence-electron chi connectivity index (χ4n) is 7.28. The minimum absolute atomic E-state index is 0.232. The smallest absolute Gasteiger partial charge is 0.406 e. The minimum atomic E-state index is -4.71. The van der Waals surface area contributed by atoms with Gasteiger partial charge in [0.1, 0.15) is 11.5 Å². The quantitative estimate of drug-likeness (QED) is 0.0719. The van der Waals surface area contributed by atoms with Crippen LogP contribution in [-0.2, 0) is 12.8 Å². The predicted octanol–water partition coefficient (Wildman–Crippen LogP) is 15.3. The van der Waals surface area contributed by atoms with Gasteiger partial charge in [-0.1, -0.05) is 141 Å². The Morgan fingerprint density at radius 3 is 0.965 bits per heavy atom. The van der Waals surface area contributed by atoms with Crippen LogP contribution in [0.2, 0.25) is 0 Å². The van der Waals surface area contributed by atoms with Crippen LogP contribution in [0.15, 0.2) is 133 Å². The molecule has 0 amide bonds. The normalized spacial score (nSPS) is 11.8. The molecular weight excluding hydrogens is 735 g/mol. The Morgan fingerprint density at radius 1 is 0.351 bits per heavy atom. The number of hydrogen-bond donors (Lipinski definition) is 0. The number of hydrogen-bond acceptors (Lipinski definition) is 2.